The maximum absolute atomic E-state index is 6.74. The number of ether oxygens (including phenoxy) is 12. The Bertz CT molecular complexity index is 2370. The van der Waals surface area contributed by atoms with Crippen LogP contribution in [0.5, 0.6) is 69.0 Å². The monoisotopic (exact) mass is 1160 g/mol. The summed E-state index contributed by atoms with van der Waals surface area (Å²) in [6.07, 6.45) is 0. The molecule has 0 saturated carbocycles. The summed E-state index contributed by atoms with van der Waals surface area (Å²) < 4.78 is 60.7. The van der Waals surface area contributed by atoms with Gasteiger partial charge in [0.2, 0.25) is 39.3 Å². The van der Waals surface area contributed by atoms with Gasteiger partial charge < -0.3 is 85.9 Å². The Labute approximate surface area is 479 Å². The van der Waals surface area contributed by atoms with Gasteiger partial charge in [0, 0.05) is 89.9 Å². The van der Waals surface area contributed by atoms with Crippen molar-refractivity contribution in [2.45, 2.75) is 39.3 Å². The molecule has 19 heteroatoms. The molecule has 6 rings (SSSR count). The van der Waals surface area contributed by atoms with Crippen LogP contribution in [0.25, 0.3) is 29.1 Å². The van der Waals surface area contributed by atoms with Crippen molar-refractivity contribution in [3.63, 3.8) is 0 Å². The smallest absolute Gasteiger partial charge is 0.240 e. The molecule has 0 aliphatic carbocycles. The summed E-state index contributed by atoms with van der Waals surface area (Å²) in [5.74, 6) is 8.64. The first-order chi connectivity index (χ1) is 37.8. The number of hydrogen-bond donors (Lipinski definition) is 0. The quantitative estimate of drug-likeness (QED) is 0.0758. The Morgan fingerprint density at radius 2 is 0.291 bits per heavy atom. The summed E-state index contributed by atoms with van der Waals surface area (Å²) in [5.41, 5.74) is 5.45. The molecular weight excluding hydrogens is 1100 g/mol. The third-order valence-electron chi connectivity index (χ3n) is 10.0. The molecule has 0 atom stereocenters. The minimum atomic E-state index is 0. The molecule has 0 aromatic heterocycles. The van der Waals surface area contributed by atoms with Crippen molar-refractivity contribution in [3.05, 3.63) is 211 Å². The predicted molar refractivity (Wildman–Crippen MR) is 299 cm³/mol. The van der Waals surface area contributed by atoms with Crippen molar-refractivity contribution >= 4 is 0 Å². The van der Waals surface area contributed by atoms with Crippen LogP contribution in [0, 0.1) is 39.4 Å². The fraction of sp³-hybridized carbons (Fsp3) is 0.300. The zero-order chi connectivity index (χ0) is 58.1. The Kier molecular flexibility index (Phi) is 36.7. The minimum Gasteiger partial charge on any atom is -0.497 e. The van der Waals surface area contributed by atoms with Crippen LogP contribution in [0.3, 0.4) is 0 Å². The number of rotatable bonds is 18. The zero-order valence-corrected chi connectivity index (χ0v) is 48.5. The van der Waals surface area contributed by atoms with Crippen LogP contribution in [-0.4, -0.2) is 85.3 Å². The van der Waals surface area contributed by atoms with Crippen LogP contribution in [0.1, 0.15) is 33.4 Å². The van der Waals surface area contributed by atoms with Gasteiger partial charge >= 0.3 is 0 Å². The molecule has 0 amide bonds. The van der Waals surface area contributed by atoms with Crippen LogP contribution in [-0.2, 0) is 59.4 Å². The third-order valence-corrected chi connectivity index (χ3v) is 10.0. The van der Waals surface area contributed by atoms with E-state index in [2.05, 4.69) is 29.1 Å². The first-order valence-corrected chi connectivity index (χ1v) is 23.1. The van der Waals surface area contributed by atoms with E-state index in [-0.39, 0.29) is 20.1 Å². The summed E-state index contributed by atoms with van der Waals surface area (Å²) in [6, 6.07) is 32.7. The van der Waals surface area contributed by atoms with Crippen molar-refractivity contribution in [1.82, 2.24) is 0 Å². The molecule has 6 aromatic rings. The SMILES string of the molecule is [99Tc].[C-]#[N+]Cc1cc(OC)cc(OC)c1.[C-]#[N+]Cc1cc(OC)cc(OC)c1.[C-]#[N+]Cc1cc(OC)cc(OC)c1.[C-]#[N+]Cc1cc(OC)cc(OC)c1.[C-]#[N+]Cc1cc(OC)cc(OC)c1.[C-]#[N+]Cc1cc(OC)cc(OC)c1. The van der Waals surface area contributed by atoms with Crippen molar-refractivity contribution in [3.8, 4) is 69.0 Å². The van der Waals surface area contributed by atoms with Crippen molar-refractivity contribution in [1.29, 1.82) is 0 Å². The van der Waals surface area contributed by atoms with E-state index in [4.69, 9.17) is 96.3 Å². The third kappa shape index (κ3) is 27.7. The predicted octanol–water partition coefficient (Wildman–Crippen LogP) is 12.7. The van der Waals surface area contributed by atoms with Crippen LogP contribution >= 0.6 is 0 Å². The van der Waals surface area contributed by atoms with Gasteiger partial charge in [-0.3, -0.25) is 0 Å². The molecule has 0 spiro atoms. The summed E-state index contributed by atoms with van der Waals surface area (Å²) >= 11 is 0. The average Bonchev–Trinajstić information content (AvgIpc) is 3.47. The zero-order valence-electron chi connectivity index (χ0n) is 46.6. The van der Waals surface area contributed by atoms with Gasteiger partial charge in [-0.25, -0.2) is 39.4 Å². The Morgan fingerprint density at radius 3 is 0.354 bits per heavy atom. The molecule has 0 bridgehead atoms. The van der Waals surface area contributed by atoms with Gasteiger partial charge in [0.25, 0.3) is 0 Å². The maximum atomic E-state index is 6.74. The van der Waals surface area contributed by atoms with E-state index in [1.807, 2.05) is 72.8 Å². The molecule has 415 valence electrons. The number of nitrogens with zero attached hydrogens (tertiary/aromatic N) is 6. The summed E-state index contributed by atoms with van der Waals surface area (Å²) in [4.78, 5) is 19.8. The number of hydrogen-bond acceptors (Lipinski definition) is 12. The van der Waals surface area contributed by atoms with E-state index in [1.165, 1.54) is 0 Å². The molecule has 0 aliphatic heterocycles. The summed E-state index contributed by atoms with van der Waals surface area (Å²) in [7, 11) is 19.1. The molecule has 1 radical (unpaired) electrons. The topological polar surface area (TPSA) is 137 Å². The van der Waals surface area contributed by atoms with Crippen molar-refractivity contribution in [2.75, 3.05) is 85.3 Å². The molecule has 0 N–H and O–H groups in total. The maximum Gasteiger partial charge on any atom is 0.240 e. The second-order valence-electron chi connectivity index (χ2n) is 15.2. The summed E-state index contributed by atoms with van der Waals surface area (Å²) in [5, 5.41) is 0. The van der Waals surface area contributed by atoms with Gasteiger partial charge in [0.05, 0.1) is 85.3 Å². The van der Waals surface area contributed by atoms with Gasteiger partial charge in [-0.05, 0) is 72.8 Å². The van der Waals surface area contributed by atoms with E-state index in [0.29, 0.717) is 39.3 Å². The van der Waals surface area contributed by atoms with Gasteiger partial charge in [0.15, 0.2) is 0 Å². The van der Waals surface area contributed by atoms with Crippen LogP contribution in [0.15, 0.2) is 109 Å². The number of benzene rings is 6. The normalized spacial score (nSPS) is 8.89. The summed E-state index contributed by atoms with van der Waals surface area (Å²) in [6.45, 7) is 42.6. The Morgan fingerprint density at radius 1 is 0.203 bits per heavy atom. The van der Waals surface area contributed by atoms with Crippen LogP contribution < -0.4 is 56.8 Å². The molecule has 0 fully saturated rings. The van der Waals surface area contributed by atoms with Crippen LogP contribution in [0.2, 0.25) is 0 Å². The molecule has 0 aliphatic rings. The first-order valence-electron chi connectivity index (χ1n) is 23.1. The first kappa shape index (κ1) is 69.5. The molecule has 6 aromatic carbocycles. The molecule has 0 heterocycles. The van der Waals surface area contributed by atoms with Gasteiger partial charge in [-0.1, -0.05) is 0 Å². The fourth-order valence-corrected chi connectivity index (χ4v) is 6.29. The standard InChI is InChI=1S/6C10H11NO2.Tc/c6*1-11-7-8-4-9(12-2)6-10(5-8)13-3;/h6*4-6H,7H2,2-3H3;/i;;;;;;1+1. The van der Waals surface area contributed by atoms with Crippen molar-refractivity contribution < 1.29 is 76.9 Å². The molecule has 79 heavy (non-hydrogen) atoms. The van der Waals surface area contributed by atoms with E-state index in [9.17, 15) is 0 Å². The molecule has 18 nitrogen and oxygen atoms in total. The molecule has 0 saturated heterocycles. The van der Waals surface area contributed by atoms with Crippen LogP contribution in [0.4, 0.5) is 0 Å². The van der Waals surface area contributed by atoms with Crippen molar-refractivity contribution in [2.24, 2.45) is 0 Å². The van der Waals surface area contributed by atoms with E-state index in [1.54, 1.807) is 122 Å². The molecular formula is C60H66N6O12Tc. The second kappa shape index (κ2) is 41.7. The van der Waals surface area contributed by atoms with E-state index in [0.717, 1.165) is 102 Å². The van der Waals surface area contributed by atoms with E-state index < -0.39 is 0 Å². The van der Waals surface area contributed by atoms with Gasteiger partial charge in [-0.15, -0.1) is 0 Å². The Hall–Kier alpha value is -9.49. The van der Waals surface area contributed by atoms with Gasteiger partial charge in [0.1, 0.15) is 69.0 Å². The largest absolute Gasteiger partial charge is 0.497 e. The number of methoxy groups -OCH3 is 12. The molecule has 0 unspecified atom stereocenters. The minimum absolute atomic E-state index is 0. The average molecular weight is 1160 g/mol. The fourth-order valence-electron chi connectivity index (χ4n) is 6.29. The van der Waals surface area contributed by atoms with Gasteiger partial charge in [-0.2, -0.15) is 0 Å². The second-order valence-corrected chi connectivity index (χ2v) is 15.2. The Balaban J connectivity index is 0.000000922. The van der Waals surface area contributed by atoms with E-state index >= 15 is 0 Å².